The Morgan fingerprint density at radius 1 is 1.83 bits per heavy atom. The van der Waals surface area contributed by atoms with Crippen LogP contribution in [0.15, 0.2) is 0 Å². The zero-order valence-electron chi connectivity index (χ0n) is 6.99. The minimum Gasteiger partial charge on any atom is -0.395 e. The van der Waals surface area contributed by atoms with Gasteiger partial charge in [-0.05, 0) is 0 Å². The molecule has 0 aromatic heterocycles. The van der Waals surface area contributed by atoms with Crippen molar-refractivity contribution in [2.75, 3.05) is 26.4 Å². The maximum absolute atomic E-state index is 10.7. The highest BCUT2D eigenvalue weighted by Crippen LogP contribution is 2.18. The summed E-state index contributed by atoms with van der Waals surface area (Å²) in [7, 11) is 0. The van der Waals surface area contributed by atoms with Crippen molar-refractivity contribution in [1.29, 1.82) is 0 Å². The van der Waals surface area contributed by atoms with Crippen LogP contribution < -0.4 is 5.32 Å². The third kappa shape index (κ3) is 1.40. The van der Waals surface area contributed by atoms with E-state index in [1.165, 1.54) is 0 Å². The van der Waals surface area contributed by atoms with Gasteiger partial charge in [-0.1, -0.05) is 0 Å². The highest BCUT2D eigenvalue weighted by atomic mass is 16.6. The van der Waals surface area contributed by atoms with Crippen molar-refractivity contribution < 1.29 is 10.0 Å². The van der Waals surface area contributed by atoms with Crippen LogP contribution in [-0.4, -0.2) is 47.0 Å². The second kappa shape index (κ2) is 3.34. The number of rotatable bonds is 3. The molecule has 70 valence electrons. The Hall–Kier alpha value is -0.720. The van der Waals surface area contributed by atoms with E-state index < -0.39 is 5.66 Å². The summed E-state index contributed by atoms with van der Waals surface area (Å²) < 4.78 is 0. The molecule has 1 rings (SSSR count). The molecule has 6 nitrogen and oxygen atoms in total. The van der Waals surface area contributed by atoms with E-state index in [9.17, 15) is 10.1 Å². The van der Waals surface area contributed by atoms with Crippen LogP contribution in [0.2, 0.25) is 0 Å². The van der Waals surface area contributed by atoms with Crippen LogP contribution in [-0.2, 0) is 0 Å². The number of hydrogen-bond acceptors (Lipinski definition) is 5. The van der Waals surface area contributed by atoms with Crippen LogP contribution in [0.5, 0.6) is 0 Å². The fourth-order valence-electron chi connectivity index (χ4n) is 1.33. The predicted octanol–water partition coefficient (Wildman–Crippen LogP) is -1.17. The zero-order valence-corrected chi connectivity index (χ0v) is 6.99. The Morgan fingerprint density at radius 2 is 2.50 bits per heavy atom. The van der Waals surface area contributed by atoms with Gasteiger partial charge in [0.15, 0.2) is 0 Å². The summed E-state index contributed by atoms with van der Waals surface area (Å²) in [5, 5.41) is 22.2. The molecule has 1 unspecified atom stereocenters. The van der Waals surface area contributed by atoms with E-state index in [1.54, 1.807) is 11.8 Å². The van der Waals surface area contributed by atoms with Crippen molar-refractivity contribution in [1.82, 2.24) is 10.2 Å². The zero-order chi connectivity index (χ0) is 9.19. The van der Waals surface area contributed by atoms with Gasteiger partial charge >= 0.3 is 0 Å². The largest absolute Gasteiger partial charge is 0.395 e. The van der Waals surface area contributed by atoms with Crippen molar-refractivity contribution in [2.24, 2.45) is 0 Å². The van der Waals surface area contributed by atoms with E-state index in [4.69, 9.17) is 5.11 Å². The summed E-state index contributed by atoms with van der Waals surface area (Å²) in [4.78, 5) is 12.0. The summed E-state index contributed by atoms with van der Waals surface area (Å²) in [6.45, 7) is 2.65. The molecule has 0 saturated carbocycles. The lowest BCUT2D eigenvalue weighted by molar-refractivity contribution is -0.588. The maximum Gasteiger partial charge on any atom is 0.288 e. The quantitative estimate of drug-likeness (QED) is 0.417. The standard InChI is InChI=1S/C6H13N3O3/c1-6(9(11)12)4-7-5-8(6)2-3-10/h7,10H,2-5H2,1H3. The number of hydrogen-bond donors (Lipinski definition) is 2. The Labute approximate surface area is 70.3 Å². The molecule has 6 heteroatoms. The minimum absolute atomic E-state index is 0.0505. The van der Waals surface area contributed by atoms with Crippen molar-refractivity contribution in [3.8, 4) is 0 Å². The molecule has 0 spiro atoms. The summed E-state index contributed by atoms with van der Waals surface area (Å²) in [6, 6.07) is 0. The van der Waals surface area contributed by atoms with Crippen LogP contribution in [0.25, 0.3) is 0 Å². The summed E-state index contributed by atoms with van der Waals surface area (Å²) in [5.41, 5.74) is -1.05. The van der Waals surface area contributed by atoms with Gasteiger partial charge in [0.25, 0.3) is 5.66 Å². The number of aliphatic hydroxyl groups excluding tert-OH is 1. The molecule has 1 aliphatic heterocycles. The first-order valence-electron chi connectivity index (χ1n) is 3.82. The molecule has 1 saturated heterocycles. The van der Waals surface area contributed by atoms with Gasteiger partial charge in [-0.25, -0.2) is 4.90 Å². The lowest BCUT2D eigenvalue weighted by atomic mass is 10.2. The summed E-state index contributed by atoms with van der Waals surface area (Å²) in [5.74, 6) is 0. The lowest BCUT2D eigenvalue weighted by Gasteiger charge is -2.24. The summed E-state index contributed by atoms with van der Waals surface area (Å²) >= 11 is 0. The van der Waals surface area contributed by atoms with Gasteiger partial charge in [-0.3, -0.25) is 15.4 Å². The number of nitrogens with zero attached hydrogens (tertiary/aromatic N) is 2. The highest BCUT2D eigenvalue weighted by molar-refractivity contribution is 4.83. The molecule has 12 heavy (non-hydrogen) atoms. The first-order chi connectivity index (χ1) is 5.61. The second-order valence-corrected chi connectivity index (χ2v) is 3.05. The molecule has 0 amide bonds. The highest BCUT2D eigenvalue weighted by Gasteiger charge is 2.47. The normalized spacial score (nSPS) is 30.8. The molecule has 0 aromatic rings. The molecule has 1 aliphatic rings. The van der Waals surface area contributed by atoms with Gasteiger partial charge in [-0.2, -0.15) is 0 Å². The second-order valence-electron chi connectivity index (χ2n) is 3.05. The average Bonchev–Trinajstić information content (AvgIpc) is 2.35. The molecule has 2 N–H and O–H groups in total. The van der Waals surface area contributed by atoms with Crippen LogP contribution in [0.4, 0.5) is 0 Å². The summed E-state index contributed by atoms with van der Waals surface area (Å²) in [6.07, 6.45) is 0. The van der Waals surface area contributed by atoms with Crippen LogP contribution in [0, 0.1) is 10.1 Å². The van der Waals surface area contributed by atoms with Gasteiger partial charge in [-0.15, -0.1) is 0 Å². The van der Waals surface area contributed by atoms with E-state index in [2.05, 4.69) is 5.32 Å². The Morgan fingerprint density at radius 3 is 3.00 bits per heavy atom. The third-order valence-corrected chi connectivity index (χ3v) is 2.21. The molecular formula is C6H13N3O3. The number of aliphatic hydroxyl groups is 1. The van der Waals surface area contributed by atoms with Crippen LogP contribution in [0.1, 0.15) is 6.92 Å². The third-order valence-electron chi connectivity index (χ3n) is 2.21. The number of nitrogens with one attached hydrogen (secondary N) is 1. The first kappa shape index (κ1) is 9.37. The van der Waals surface area contributed by atoms with Crippen molar-refractivity contribution >= 4 is 0 Å². The Balaban J connectivity index is 2.67. The number of nitro groups is 1. The molecule has 0 bridgehead atoms. The molecule has 1 fully saturated rings. The predicted molar refractivity (Wildman–Crippen MR) is 42.1 cm³/mol. The first-order valence-corrected chi connectivity index (χ1v) is 3.82. The molecule has 1 heterocycles. The molecule has 0 radical (unpaired) electrons. The SMILES string of the molecule is CC1([N+](=O)[O-])CNCN1CCO. The lowest BCUT2D eigenvalue weighted by Crippen LogP contribution is -2.50. The van der Waals surface area contributed by atoms with Crippen LogP contribution in [0.3, 0.4) is 0 Å². The van der Waals surface area contributed by atoms with E-state index in [1.807, 2.05) is 0 Å². The molecule has 0 aromatic carbocycles. The van der Waals surface area contributed by atoms with E-state index in [-0.39, 0.29) is 11.5 Å². The van der Waals surface area contributed by atoms with Gasteiger partial charge in [0, 0.05) is 18.4 Å². The maximum atomic E-state index is 10.7. The Kier molecular flexibility index (Phi) is 2.61. The fourth-order valence-corrected chi connectivity index (χ4v) is 1.33. The fraction of sp³-hybridized carbons (Fsp3) is 1.00. The van der Waals surface area contributed by atoms with E-state index in [0.29, 0.717) is 19.8 Å². The van der Waals surface area contributed by atoms with Gasteiger partial charge < -0.3 is 5.11 Å². The topological polar surface area (TPSA) is 78.6 Å². The Bertz CT molecular complexity index is 187. The average molecular weight is 175 g/mol. The number of β-amino-alcohol motifs (C(OH)–C–C–N with tert-alkyl or cyclic N) is 1. The molecule has 0 aliphatic carbocycles. The molecular weight excluding hydrogens is 162 g/mol. The van der Waals surface area contributed by atoms with Gasteiger partial charge in [0.1, 0.15) is 0 Å². The van der Waals surface area contributed by atoms with Gasteiger partial charge in [0.05, 0.1) is 19.8 Å². The van der Waals surface area contributed by atoms with E-state index >= 15 is 0 Å². The minimum atomic E-state index is -1.05. The molecule has 1 atom stereocenters. The van der Waals surface area contributed by atoms with Crippen molar-refractivity contribution in [3.05, 3.63) is 10.1 Å². The van der Waals surface area contributed by atoms with Gasteiger partial charge in [0.2, 0.25) is 0 Å². The van der Waals surface area contributed by atoms with Crippen molar-refractivity contribution in [3.63, 3.8) is 0 Å². The monoisotopic (exact) mass is 175 g/mol. The van der Waals surface area contributed by atoms with Crippen molar-refractivity contribution in [2.45, 2.75) is 12.6 Å². The van der Waals surface area contributed by atoms with Crippen LogP contribution >= 0.6 is 0 Å². The smallest absolute Gasteiger partial charge is 0.288 e. The van der Waals surface area contributed by atoms with E-state index in [0.717, 1.165) is 0 Å².